The zero-order valence-electron chi connectivity index (χ0n) is 18.3. The molecule has 1 heterocycles. The molecule has 1 aromatic heterocycles. The van der Waals surface area contributed by atoms with E-state index < -0.39 is 0 Å². The predicted molar refractivity (Wildman–Crippen MR) is 119 cm³/mol. The van der Waals surface area contributed by atoms with Gasteiger partial charge in [-0.25, -0.2) is 4.79 Å². The topological polar surface area (TPSA) is 66.3 Å². The van der Waals surface area contributed by atoms with E-state index in [1.54, 1.807) is 0 Å². The lowest BCUT2D eigenvalue weighted by atomic mass is 10.1. The Balaban J connectivity index is 2.57. The summed E-state index contributed by atoms with van der Waals surface area (Å²) in [4.78, 5) is 12.5. The van der Waals surface area contributed by atoms with E-state index in [0.717, 1.165) is 17.7 Å². The first-order valence-electron chi connectivity index (χ1n) is 10.2. The van der Waals surface area contributed by atoms with Crippen molar-refractivity contribution in [2.45, 2.75) is 67.0 Å². The Bertz CT molecular complexity index is 955. The molecule has 1 atom stereocenters. The van der Waals surface area contributed by atoms with Crippen molar-refractivity contribution in [2.75, 3.05) is 11.9 Å². The molecular weight excluding hydrogens is 350 g/mol. The van der Waals surface area contributed by atoms with Crippen LogP contribution in [0, 0.1) is 12.8 Å². The average molecular weight is 386 g/mol. The molecule has 28 heavy (non-hydrogen) atoms. The van der Waals surface area contributed by atoms with Crippen LogP contribution in [0.25, 0.3) is 23.1 Å². The van der Waals surface area contributed by atoms with E-state index in [0.29, 0.717) is 6.04 Å². The summed E-state index contributed by atoms with van der Waals surface area (Å²) in [6.45, 7) is 14.5. The molecule has 0 saturated carbocycles. The third kappa shape index (κ3) is 4.25. The first-order valence-corrected chi connectivity index (χ1v) is 10.2. The highest BCUT2D eigenvalue weighted by Gasteiger charge is 2.18. The number of aromatic nitrogens is 1. The lowest BCUT2D eigenvalue weighted by Gasteiger charge is -2.20. The molecule has 0 aliphatic carbocycles. The standard InChI is InChI=1S/C23H35N3O2/c1-8-10-20-17(9-2)22-16(7)18(11-12-21(22)26(20)15(5)6)24-23(28)25-19(13-27)14(3)4/h9-12,14-15,19,27H,8,13H2,1-7H3,(H2,24,25,28)/b17-9+,20-10+. The van der Waals surface area contributed by atoms with E-state index in [2.05, 4.69) is 68.0 Å². The van der Waals surface area contributed by atoms with E-state index in [9.17, 15) is 9.90 Å². The van der Waals surface area contributed by atoms with Gasteiger partial charge in [-0.2, -0.15) is 0 Å². The molecule has 0 aliphatic rings. The maximum atomic E-state index is 12.5. The molecule has 2 amide bonds. The number of fused-ring (bicyclic) bond motifs is 1. The van der Waals surface area contributed by atoms with E-state index in [1.165, 1.54) is 21.5 Å². The number of carbonyl (C=O) groups excluding carboxylic acids is 1. The Morgan fingerprint density at radius 1 is 1.25 bits per heavy atom. The number of benzene rings is 1. The van der Waals surface area contributed by atoms with Crippen molar-refractivity contribution in [2.24, 2.45) is 5.92 Å². The number of nitrogens with one attached hydrogen (secondary N) is 2. The molecule has 1 aromatic carbocycles. The van der Waals surface area contributed by atoms with Gasteiger partial charge in [-0.05, 0) is 57.7 Å². The monoisotopic (exact) mass is 385 g/mol. The number of carbonyl (C=O) groups is 1. The molecule has 0 radical (unpaired) electrons. The first-order chi connectivity index (χ1) is 13.3. The summed E-state index contributed by atoms with van der Waals surface area (Å²) in [5.41, 5.74) is 3.02. The Morgan fingerprint density at radius 2 is 1.93 bits per heavy atom. The van der Waals surface area contributed by atoms with Crippen LogP contribution < -0.4 is 21.2 Å². The minimum Gasteiger partial charge on any atom is -0.394 e. The van der Waals surface area contributed by atoms with Gasteiger partial charge in [0.15, 0.2) is 0 Å². The first kappa shape index (κ1) is 22.0. The highest BCUT2D eigenvalue weighted by Crippen LogP contribution is 2.24. The molecule has 0 aliphatic heterocycles. The predicted octanol–water partition coefficient (Wildman–Crippen LogP) is 3.66. The third-order valence-electron chi connectivity index (χ3n) is 5.28. The smallest absolute Gasteiger partial charge is 0.319 e. The second-order valence-electron chi connectivity index (χ2n) is 7.93. The van der Waals surface area contributed by atoms with Crippen LogP contribution in [0.15, 0.2) is 12.1 Å². The van der Waals surface area contributed by atoms with Crippen LogP contribution in [0.5, 0.6) is 0 Å². The van der Waals surface area contributed by atoms with Gasteiger partial charge in [-0.15, -0.1) is 0 Å². The summed E-state index contributed by atoms with van der Waals surface area (Å²) in [5, 5.41) is 18.9. The van der Waals surface area contributed by atoms with E-state index in [1.807, 2.05) is 19.9 Å². The number of hydrogen-bond acceptors (Lipinski definition) is 2. The van der Waals surface area contributed by atoms with E-state index in [-0.39, 0.29) is 24.6 Å². The summed E-state index contributed by atoms with van der Waals surface area (Å²) in [5.74, 6) is 0.160. The zero-order chi connectivity index (χ0) is 21.0. The van der Waals surface area contributed by atoms with Gasteiger partial charge in [0, 0.05) is 33.2 Å². The van der Waals surface area contributed by atoms with Crippen molar-refractivity contribution in [3.63, 3.8) is 0 Å². The fraction of sp³-hybridized carbons (Fsp3) is 0.522. The molecule has 5 heteroatoms. The number of rotatable bonds is 6. The molecule has 0 bridgehead atoms. The second kappa shape index (κ2) is 9.28. The van der Waals surface area contributed by atoms with Crippen LogP contribution in [0.2, 0.25) is 0 Å². The van der Waals surface area contributed by atoms with Crippen molar-refractivity contribution in [1.82, 2.24) is 9.88 Å². The van der Waals surface area contributed by atoms with Crippen molar-refractivity contribution >= 4 is 34.8 Å². The molecule has 5 nitrogen and oxygen atoms in total. The molecule has 2 aromatic rings. The van der Waals surface area contributed by atoms with Gasteiger partial charge in [0.25, 0.3) is 0 Å². The lowest BCUT2D eigenvalue weighted by molar-refractivity contribution is 0.204. The quantitative estimate of drug-likeness (QED) is 0.710. The molecule has 0 spiro atoms. The van der Waals surface area contributed by atoms with Crippen LogP contribution >= 0.6 is 0 Å². The SMILES string of the molecule is C/C=c1\c(=C/CC)n(C(C)C)c2ccc(NC(=O)NC(CO)C(C)C)c(C)c12. The highest BCUT2D eigenvalue weighted by atomic mass is 16.3. The van der Waals surface area contributed by atoms with Gasteiger partial charge in [-0.3, -0.25) is 0 Å². The van der Waals surface area contributed by atoms with Crippen molar-refractivity contribution < 1.29 is 9.90 Å². The third-order valence-corrected chi connectivity index (χ3v) is 5.28. The van der Waals surface area contributed by atoms with Gasteiger partial charge in [0.05, 0.1) is 12.6 Å². The number of urea groups is 1. The number of hydrogen-bond donors (Lipinski definition) is 3. The van der Waals surface area contributed by atoms with Crippen molar-refractivity contribution in [1.29, 1.82) is 0 Å². The van der Waals surface area contributed by atoms with Gasteiger partial charge in [-0.1, -0.05) is 32.9 Å². The maximum absolute atomic E-state index is 12.5. The molecule has 2 rings (SSSR count). The molecule has 1 unspecified atom stereocenters. The number of aliphatic hydroxyl groups excluding tert-OH is 1. The Morgan fingerprint density at radius 3 is 2.43 bits per heavy atom. The second-order valence-corrected chi connectivity index (χ2v) is 7.93. The van der Waals surface area contributed by atoms with E-state index >= 15 is 0 Å². The Labute approximate surface area is 168 Å². The summed E-state index contributed by atoms with van der Waals surface area (Å²) in [6.07, 6.45) is 5.39. The summed E-state index contributed by atoms with van der Waals surface area (Å²) in [6, 6.07) is 3.84. The lowest BCUT2D eigenvalue weighted by Crippen LogP contribution is -2.43. The maximum Gasteiger partial charge on any atom is 0.319 e. The average Bonchev–Trinajstić information content (AvgIpc) is 2.96. The normalized spacial score (nSPS) is 14.4. The van der Waals surface area contributed by atoms with Gasteiger partial charge >= 0.3 is 6.03 Å². The number of aryl methyl sites for hydroxylation is 1. The molecule has 0 saturated heterocycles. The molecular formula is C23H35N3O2. The fourth-order valence-electron chi connectivity index (χ4n) is 3.76. The summed E-state index contributed by atoms with van der Waals surface area (Å²) < 4.78 is 2.37. The Hall–Kier alpha value is -2.27. The van der Waals surface area contributed by atoms with Crippen molar-refractivity contribution in [3.8, 4) is 0 Å². The van der Waals surface area contributed by atoms with Crippen molar-refractivity contribution in [3.05, 3.63) is 28.3 Å². The minimum atomic E-state index is -0.291. The highest BCUT2D eigenvalue weighted by molar-refractivity contribution is 5.96. The van der Waals surface area contributed by atoms with Gasteiger partial charge < -0.3 is 20.3 Å². The van der Waals surface area contributed by atoms with Crippen LogP contribution in [0.3, 0.4) is 0 Å². The summed E-state index contributed by atoms with van der Waals surface area (Å²) in [7, 11) is 0. The largest absolute Gasteiger partial charge is 0.394 e. The van der Waals surface area contributed by atoms with Crippen LogP contribution in [0.1, 0.15) is 59.6 Å². The molecule has 154 valence electrons. The van der Waals surface area contributed by atoms with Crippen LogP contribution in [-0.2, 0) is 0 Å². The number of anilines is 1. The number of amides is 2. The Kier molecular flexibility index (Phi) is 7.30. The van der Waals surface area contributed by atoms with Gasteiger partial charge in [0.1, 0.15) is 0 Å². The molecule has 0 fully saturated rings. The van der Waals surface area contributed by atoms with Crippen LogP contribution in [0.4, 0.5) is 10.5 Å². The summed E-state index contributed by atoms with van der Waals surface area (Å²) >= 11 is 0. The number of nitrogens with zero attached hydrogens (tertiary/aromatic N) is 1. The fourth-order valence-corrected chi connectivity index (χ4v) is 3.76. The minimum absolute atomic E-state index is 0.0779. The van der Waals surface area contributed by atoms with E-state index in [4.69, 9.17) is 0 Å². The van der Waals surface area contributed by atoms with Gasteiger partial charge in [0.2, 0.25) is 0 Å². The van der Waals surface area contributed by atoms with Crippen LogP contribution in [-0.4, -0.2) is 28.4 Å². The number of aliphatic hydroxyl groups is 1. The zero-order valence-corrected chi connectivity index (χ0v) is 18.3. The molecule has 3 N–H and O–H groups in total.